The van der Waals surface area contributed by atoms with E-state index < -0.39 is 0 Å². The number of para-hydroxylation sites is 2. The number of aromatic nitrogens is 2. The largest absolute Gasteiger partial charge is 0.340 e. The molecule has 0 bridgehead atoms. The third kappa shape index (κ3) is 3.89. The SMILES string of the molecule is O=C1N[C@H]2[C@H](CS[C@H]2CCCCC(=O)N2CCCCC2c2nc3ccccc3[nH]2)N1. The van der Waals surface area contributed by atoms with E-state index in [1.807, 2.05) is 40.9 Å². The van der Waals surface area contributed by atoms with Crippen LogP contribution in [0.15, 0.2) is 24.3 Å². The monoisotopic (exact) mass is 427 g/mol. The zero-order chi connectivity index (χ0) is 20.5. The van der Waals surface area contributed by atoms with E-state index in [-0.39, 0.29) is 30.1 Å². The summed E-state index contributed by atoms with van der Waals surface area (Å²) in [6.45, 7) is 0.820. The number of nitrogens with one attached hydrogen (secondary N) is 3. The van der Waals surface area contributed by atoms with E-state index >= 15 is 0 Å². The third-order valence-electron chi connectivity index (χ3n) is 6.61. The highest BCUT2D eigenvalue weighted by molar-refractivity contribution is 8.00. The molecule has 5 rings (SSSR count). The summed E-state index contributed by atoms with van der Waals surface area (Å²) in [5, 5.41) is 6.49. The van der Waals surface area contributed by atoms with Crippen LogP contribution in [0.1, 0.15) is 56.8 Å². The summed E-state index contributed by atoms with van der Waals surface area (Å²) in [5.41, 5.74) is 2.00. The first-order valence-corrected chi connectivity index (χ1v) is 12.2. The number of likely N-dealkylation sites (tertiary alicyclic amines) is 1. The summed E-state index contributed by atoms with van der Waals surface area (Å²) in [4.78, 5) is 34.8. The van der Waals surface area contributed by atoms with E-state index in [0.29, 0.717) is 11.7 Å². The van der Waals surface area contributed by atoms with Crippen LogP contribution in [0.25, 0.3) is 11.0 Å². The lowest BCUT2D eigenvalue weighted by Gasteiger charge is -2.34. The Balaban J connectivity index is 1.15. The van der Waals surface area contributed by atoms with Crippen molar-refractivity contribution >= 4 is 34.7 Å². The maximum Gasteiger partial charge on any atom is 0.315 e. The van der Waals surface area contributed by atoms with Crippen LogP contribution in [0.2, 0.25) is 0 Å². The molecule has 1 unspecified atom stereocenters. The third-order valence-corrected chi connectivity index (χ3v) is 8.12. The second-order valence-electron chi connectivity index (χ2n) is 8.61. The molecule has 160 valence electrons. The van der Waals surface area contributed by atoms with Crippen LogP contribution in [-0.2, 0) is 4.79 Å². The normalized spacial score (nSPS) is 28.4. The number of aromatic amines is 1. The number of hydrogen-bond acceptors (Lipinski definition) is 4. The van der Waals surface area contributed by atoms with E-state index in [1.54, 1.807) is 0 Å². The number of thioether (sulfide) groups is 1. The molecule has 3 fully saturated rings. The van der Waals surface area contributed by atoms with Gasteiger partial charge in [0.05, 0.1) is 29.2 Å². The highest BCUT2D eigenvalue weighted by Gasteiger charge is 2.42. The average Bonchev–Trinajstić information content (AvgIpc) is 3.45. The molecule has 30 heavy (non-hydrogen) atoms. The predicted molar refractivity (Wildman–Crippen MR) is 118 cm³/mol. The van der Waals surface area contributed by atoms with Gasteiger partial charge >= 0.3 is 6.03 Å². The Labute approximate surface area is 180 Å². The van der Waals surface area contributed by atoms with Gasteiger partial charge in [0, 0.05) is 24.0 Å². The van der Waals surface area contributed by atoms with Crippen molar-refractivity contribution in [2.45, 2.75) is 68.3 Å². The fourth-order valence-electron chi connectivity index (χ4n) is 5.05. The maximum atomic E-state index is 13.0. The van der Waals surface area contributed by atoms with Gasteiger partial charge in [-0.1, -0.05) is 18.6 Å². The van der Waals surface area contributed by atoms with Gasteiger partial charge < -0.3 is 20.5 Å². The molecule has 2 aromatic rings. The van der Waals surface area contributed by atoms with Gasteiger partial charge in [0.15, 0.2) is 0 Å². The predicted octanol–water partition coefficient (Wildman–Crippen LogP) is 3.34. The summed E-state index contributed by atoms with van der Waals surface area (Å²) in [6.07, 6.45) is 6.73. The Bertz CT molecular complexity index is 898. The van der Waals surface area contributed by atoms with Crippen molar-refractivity contribution < 1.29 is 9.59 Å². The molecule has 1 aromatic heterocycles. The molecule has 4 heterocycles. The molecule has 3 aliphatic rings. The summed E-state index contributed by atoms with van der Waals surface area (Å²) >= 11 is 1.94. The number of imidazole rings is 1. The van der Waals surface area contributed by atoms with Crippen LogP contribution in [0.5, 0.6) is 0 Å². The maximum absolute atomic E-state index is 13.0. The van der Waals surface area contributed by atoms with Crippen molar-refractivity contribution in [2.24, 2.45) is 0 Å². The smallest absolute Gasteiger partial charge is 0.315 e. The van der Waals surface area contributed by atoms with E-state index in [1.165, 1.54) is 0 Å². The number of carbonyl (C=O) groups is 2. The molecule has 0 saturated carbocycles. The van der Waals surface area contributed by atoms with Gasteiger partial charge in [-0.2, -0.15) is 11.8 Å². The topological polar surface area (TPSA) is 90.1 Å². The number of amides is 3. The van der Waals surface area contributed by atoms with Crippen LogP contribution in [0.4, 0.5) is 4.79 Å². The number of rotatable bonds is 6. The molecule has 1 aromatic carbocycles. The van der Waals surface area contributed by atoms with Gasteiger partial charge in [-0.25, -0.2) is 9.78 Å². The van der Waals surface area contributed by atoms with Crippen LogP contribution < -0.4 is 10.6 Å². The van der Waals surface area contributed by atoms with Gasteiger partial charge in [-0.15, -0.1) is 0 Å². The van der Waals surface area contributed by atoms with Crippen molar-refractivity contribution in [1.82, 2.24) is 25.5 Å². The zero-order valence-corrected chi connectivity index (χ0v) is 17.9. The molecule has 4 atom stereocenters. The molecule has 3 saturated heterocycles. The van der Waals surface area contributed by atoms with Crippen LogP contribution >= 0.6 is 11.8 Å². The average molecular weight is 428 g/mol. The fourth-order valence-corrected chi connectivity index (χ4v) is 6.60. The lowest BCUT2D eigenvalue weighted by atomic mass is 9.99. The van der Waals surface area contributed by atoms with E-state index in [0.717, 1.165) is 67.7 Å². The molecule has 3 N–H and O–H groups in total. The summed E-state index contributed by atoms with van der Waals surface area (Å²) in [5.74, 6) is 2.15. The number of hydrogen-bond donors (Lipinski definition) is 3. The molecule has 7 nitrogen and oxygen atoms in total. The van der Waals surface area contributed by atoms with E-state index in [9.17, 15) is 9.59 Å². The highest BCUT2D eigenvalue weighted by atomic mass is 32.2. The Morgan fingerprint density at radius 2 is 2.10 bits per heavy atom. The molecule has 8 heteroatoms. The number of benzene rings is 1. The van der Waals surface area contributed by atoms with Gasteiger partial charge in [0.2, 0.25) is 5.91 Å². The first-order chi connectivity index (χ1) is 14.7. The Morgan fingerprint density at radius 1 is 1.20 bits per heavy atom. The number of urea groups is 1. The Morgan fingerprint density at radius 3 is 3.00 bits per heavy atom. The Hall–Kier alpha value is -2.22. The van der Waals surface area contributed by atoms with Crippen molar-refractivity contribution in [3.05, 3.63) is 30.1 Å². The lowest BCUT2D eigenvalue weighted by Crippen LogP contribution is -2.39. The first kappa shape index (κ1) is 19.7. The lowest BCUT2D eigenvalue weighted by molar-refractivity contribution is -0.135. The number of H-pyrrole nitrogens is 1. The van der Waals surface area contributed by atoms with Crippen molar-refractivity contribution in [2.75, 3.05) is 12.3 Å². The first-order valence-electron chi connectivity index (χ1n) is 11.1. The van der Waals surface area contributed by atoms with Crippen molar-refractivity contribution in [1.29, 1.82) is 0 Å². The van der Waals surface area contributed by atoms with Gasteiger partial charge in [0.1, 0.15) is 5.82 Å². The summed E-state index contributed by atoms with van der Waals surface area (Å²) in [7, 11) is 0. The molecule has 3 amide bonds. The summed E-state index contributed by atoms with van der Waals surface area (Å²) < 4.78 is 0. The van der Waals surface area contributed by atoms with E-state index in [4.69, 9.17) is 4.98 Å². The number of fused-ring (bicyclic) bond motifs is 2. The Kier molecular flexibility index (Phi) is 5.58. The fraction of sp³-hybridized carbons (Fsp3) is 0.591. The molecule has 0 spiro atoms. The van der Waals surface area contributed by atoms with Crippen LogP contribution in [-0.4, -0.2) is 56.4 Å². The number of nitrogens with zero attached hydrogens (tertiary/aromatic N) is 2. The molecular formula is C22H29N5O2S. The van der Waals surface area contributed by atoms with Gasteiger partial charge in [0.25, 0.3) is 0 Å². The van der Waals surface area contributed by atoms with Gasteiger partial charge in [-0.3, -0.25) is 4.79 Å². The summed E-state index contributed by atoms with van der Waals surface area (Å²) in [6, 6.07) is 8.59. The molecule has 3 aliphatic heterocycles. The standard InChI is InChI=1S/C22H29N5O2S/c28-19(11-4-3-10-18-20-16(13-30-18)25-22(29)26-20)27-12-6-5-9-17(27)21-23-14-7-1-2-8-15(14)24-21/h1-2,7-8,16-18,20H,3-6,9-13H2,(H,23,24)(H2,25,26,29)/t16-,17?,18-,20-/m0/s1. The number of piperidine rings is 1. The van der Waals surface area contributed by atoms with Crippen LogP contribution in [0, 0.1) is 0 Å². The molecule has 0 aliphatic carbocycles. The van der Waals surface area contributed by atoms with E-state index in [2.05, 4.69) is 15.6 Å². The van der Waals surface area contributed by atoms with Crippen molar-refractivity contribution in [3.8, 4) is 0 Å². The minimum Gasteiger partial charge on any atom is -0.340 e. The highest BCUT2D eigenvalue weighted by Crippen LogP contribution is 2.34. The number of unbranched alkanes of at least 4 members (excludes halogenated alkanes) is 1. The van der Waals surface area contributed by atoms with Crippen LogP contribution in [0.3, 0.4) is 0 Å². The minimum atomic E-state index is -0.0350. The number of carbonyl (C=O) groups excluding carboxylic acids is 2. The zero-order valence-electron chi connectivity index (χ0n) is 17.1. The second-order valence-corrected chi connectivity index (χ2v) is 9.88. The quantitative estimate of drug-likeness (QED) is 0.487. The van der Waals surface area contributed by atoms with Gasteiger partial charge in [-0.05, 0) is 44.2 Å². The molecular weight excluding hydrogens is 398 g/mol. The molecule has 0 radical (unpaired) electrons. The van der Waals surface area contributed by atoms with Crippen molar-refractivity contribution in [3.63, 3.8) is 0 Å². The minimum absolute atomic E-state index is 0.0350. The second kappa shape index (κ2) is 8.49.